The first-order valence-electron chi connectivity index (χ1n) is 10.4. The molecule has 6 heteroatoms. The Morgan fingerprint density at radius 1 is 1.27 bits per heavy atom. The molecule has 3 rings (SSSR count). The van der Waals surface area contributed by atoms with E-state index in [0.29, 0.717) is 0 Å². The van der Waals surface area contributed by atoms with Gasteiger partial charge in [-0.05, 0) is 47.9 Å². The van der Waals surface area contributed by atoms with Crippen LogP contribution < -0.4 is 4.90 Å². The summed E-state index contributed by atoms with van der Waals surface area (Å²) in [6, 6.07) is 15.3. The second kappa shape index (κ2) is 10.9. The lowest BCUT2D eigenvalue weighted by Crippen LogP contribution is -2.33. The summed E-state index contributed by atoms with van der Waals surface area (Å²) in [5.74, 6) is 1.22. The summed E-state index contributed by atoms with van der Waals surface area (Å²) in [7, 11) is 0. The molecule has 1 heterocycles. The summed E-state index contributed by atoms with van der Waals surface area (Å²) in [6.45, 7) is 5.71. The largest absolute Gasteiger partial charge is 0.481 e. The Bertz CT molecular complexity index is 859. The Morgan fingerprint density at radius 3 is 2.70 bits per heavy atom. The van der Waals surface area contributed by atoms with E-state index in [0.717, 1.165) is 18.1 Å². The summed E-state index contributed by atoms with van der Waals surface area (Å²) in [6.07, 6.45) is 5.81. The van der Waals surface area contributed by atoms with Gasteiger partial charge in [-0.3, -0.25) is 4.79 Å². The number of carboxylic acids is 1. The van der Waals surface area contributed by atoms with Crippen LogP contribution in [0.4, 0.5) is 11.4 Å². The second-order valence-corrected chi connectivity index (χ2v) is 11.0. The zero-order valence-electron chi connectivity index (χ0n) is 18.0. The zero-order chi connectivity index (χ0) is 21.6. The SMILES string of the molecule is CCCCC1(C)CSc2cc(CSCC(=O)O)c(SC)cc2N(c2ccccc2)C1. The van der Waals surface area contributed by atoms with Crippen LogP contribution in [-0.4, -0.2) is 35.4 Å². The molecule has 2 aromatic carbocycles. The van der Waals surface area contributed by atoms with Crippen LogP contribution in [0.15, 0.2) is 52.3 Å². The van der Waals surface area contributed by atoms with Crippen molar-refractivity contribution in [2.75, 3.05) is 29.2 Å². The van der Waals surface area contributed by atoms with E-state index < -0.39 is 5.97 Å². The van der Waals surface area contributed by atoms with Gasteiger partial charge in [-0.15, -0.1) is 35.3 Å². The van der Waals surface area contributed by atoms with Gasteiger partial charge >= 0.3 is 5.97 Å². The average Bonchev–Trinajstić information content (AvgIpc) is 2.89. The van der Waals surface area contributed by atoms with Crippen molar-refractivity contribution in [2.24, 2.45) is 5.41 Å². The number of fused-ring (bicyclic) bond motifs is 1. The lowest BCUT2D eigenvalue weighted by Gasteiger charge is -2.34. The summed E-state index contributed by atoms with van der Waals surface area (Å²) in [4.78, 5) is 16.0. The average molecular weight is 462 g/mol. The predicted molar refractivity (Wildman–Crippen MR) is 134 cm³/mol. The Morgan fingerprint density at radius 2 is 2.03 bits per heavy atom. The number of rotatable bonds is 9. The van der Waals surface area contributed by atoms with Crippen molar-refractivity contribution < 1.29 is 9.90 Å². The molecule has 0 bridgehead atoms. The third kappa shape index (κ3) is 5.92. The van der Waals surface area contributed by atoms with Crippen LogP contribution in [0.3, 0.4) is 0 Å². The van der Waals surface area contributed by atoms with Crippen LogP contribution in [0, 0.1) is 5.41 Å². The van der Waals surface area contributed by atoms with Crippen molar-refractivity contribution in [1.29, 1.82) is 0 Å². The number of carbonyl (C=O) groups is 1. The van der Waals surface area contributed by atoms with E-state index in [4.69, 9.17) is 5.11 Å². The highest BCUT2D eigenvalue weighted by molar-refractivity contribution is 8.00. The number of hydrogen-bond donors (Lipinski definition) is 1. The van der Waals surface area contributed by atoms with Crippen LogP contribution in [0.1, 0.15) is 38.7 Å². The van der Waals surface area contributed by atoms with Gasteiger partial charge in [0.2, 0.25) is 0 Å². The van der Waals surface area contributed by atoms with Gasteiger partial charge in [0, 0.05) is 33.5 Å². The molecule has 1 aliphatic heterocycles. The quantitative estimate of drug-likeness (QED) is 0.399. The standard InChI is InChI=1S/C24H31NO2S3/c1-4-5-11-24(2)16-25(19-9-7-6-8-10-19)20-13-21(28-3)18(12-22(20)30-17-24)14-29-15-23(26)27/h6-10,12-13H,4-5,11,14-17H2,1-3H3,(H,26,27). The number of hydrogen-bond acceptors (Lipinski definition) is 5. The minimum Gasteiger partial charge on any atom is -0.481 e. The van der Waals surface area contributed by atoms with E-state index >= 15 is 0 Å². The van der Waals surface area contributed by atoms with E-state index in [1.165, 1.54) is 57.8 Å². The Balaban J connectivity index is 2.00. The Hall–Kier alpha value is -1.24. The van der Waals surface area contributed by atoms with E-state index in [1.807, 2.05) is 11.8 Å². The number of para-hydroxylation sites is 1. The number of unbranched alkanes of at least 4 members (excludes halogenated alkanes) is 1. The zero-order valence-corrected chi connectivity index (χ0v) is 20.5. The minimum absolute atomic E-state index is 0.142. The summed E-state index contributed by atoms with van der Waals surface area (Å²) in [5.41, 5.74) is 4.00. The lowest BCUT2D eigenvalue weighted by molar-refractivity contribution is -0.133. The Kier molecular flexibility index (Phi) is 8.49. The second-order valence-electron chi connectivity index (χ2n) is 8.14. The third-order valence-corrected chi connectivity index (χ3v) is 8.72. The molecule has 1 unspecified atom stereocenters. The normalized spacial score (nSPS) is 18.7. The van der Waals surface area contributed by atoms with Crippen molar-refractivity contribution in [3.8, 4) is 0 Å². The lowest BCUT2D eigenvalue weighted by atomic mass is 9.86. The number of carboxylic acid groups (broad SMARTS) is 1. The number of nitrogens with zero attached hydrogens (tertiary/aromatic N) is 1. The Labute approximate surface area is 193 Å². The molecule has 2 aromatic rings. The van der Waals surface area contributed by atoms with Crippen LogP contribution in [0.2, 0.25) is 0 Å². The van der Waals surface area contributed by atoms with Crippen molar-refractivity contribution in [3.05, 3.63) is 48.0 Å². The molecule has 1 atom stereocenters. The first-order valence-corrected chi connectivity index (χ1v) is 13.8. The molecule has 0 spiro atoms. The van der Waals surface area contributed by atoms with Crippen LogP contribution in [0.5, 0.6) is 0 Å². The van der Waals surface area contributed by atoms with Gasteiger partial charge in [0.25, 0.3) is 0 Å². The molecular weight excluding hydrogens is 430 g/mol. The van der Waals surface area contributed by atoms with Crippen molar-refractivity contribution >= 4 is 52.6 Å². The number of thioether (sulfide) groups is 3. The summed E-state index contributed by atoms with van der Waals surface area (Å²) in [5, 5.41) is 9.00. The maximum absolute atomic E-state index is 10.9. The molecule has 30 heavy (non-hydrogen) atoms. The van der Waals surface area contributed by atoms with E-state index in [9.17, 15) is 4.79 Å². The van der Waals surface area contributed by atoms with Crippen molar-refractivity contribution in [3.63, 3.8) is 0 Å². The maximum atomic E-state index is 10.9. The van der Waals surface area contributed by atoms with Crippen molar-refractivity contribution in [1.82, 2.24) is 0 Å². The fraction of sp³-hybridized carbons (Fsp3) is 0.458. The first-order chi connectivity index (χ1) is 14.5. The molecule has 0 amide bonds. The number of anilines is 2. The number of aliphatic carboxylic acids is 1. The van der Waals surface area contributed by atoms with Crippen LogP contribution in [0.25, 0.3) is 0 Å². The topological polar surface area (TPSA) is 40.5 Å². The highest BCUT2D eigenvalue weighted by atomic mass is 32.2. The minimum atomic E-state index is -0.753. The molecule has 0 fully saturated rings. The fourth-order valence-corrected chi connectivity index (χ4v) is 6.56. The molecule has 0 radical (unpaired) electrons. The van der Waals surface area contributed by atoms with Gasteiger partial charge in [0.15, 0.2) is 0 Å². The van der Waals surface area contributed by atoms with E-state index in [1.54, 1.807) is 11.8 Å². The molecule has 3 nitrogen and oxygen atoms in total. The van der Waals surface area contributed by atoms with Crippen molar-refractivity contribution in [2.45, 2.75) is 48.7 Å². The molecule has 162 valence electrons. The van der Waals surface area contributed by atoms with Crippen LogP contribution in [-0.2, 0) is 10.5 Å². The van der Waals surface area contributed by atoms with Gasteiger partial charge in [-0.1, -0.05) is 44.9 Å². The molecule has 0 aromatic heterocycles. The smallest absolute Gasteiger partial charge is 0.313 e. The molecule has 1 N–H and O–H groups in total. The van der Waals surface area contributed by atoms with Gasteiger partial charge in [0.05, 0.1) is 11.4 Å². The van der Waals surface area contributed by atoms with E-state index in [2.05, 4.69) is 67.5 Å². The molecule has 0 aliphatic carbocycles. The predicted octanol–water partition coefficient (Wildman–Crippen LogP) is 7.17. The summed E-state index contributed by atoms with van der Waals surface area (Å²) >= 11 is 5.18. The fourth-order valence-electron chi connectivity index (χ4n) is 3.83. The molecular formula is C24H31NO2S3. The number of benzene rings is 2. The van der Waals surface area contributed by atoms with E-state index in [-0.39, 0.29) is 11.2 Å². The highest BCUT2D eigenvalue weighted by Crippen LogP contribution is 2.47. The molecule has 0 saturated heterocycles. The molecule has 0 saturated carbocycles. The first kappa shape index (κ1) is 23.4. The van der Waals surface area contributed by atoms with Crippen LogP contribution >= 0.6 is 35.3 Å². The van der Waals surface area contributed by atoms with Gasteiger partial charge in [0.1, 0.15) is 0 Å². The maximum Gasteiger partial charge on any atom is 0.313 e. The van der Waals surface area contributed by atoms with Gasteiger partial charge < -0.3 is 10.0 Å². The monoisotopic (exact) mass is 461 g/mol. The summed E-state index contributed by atoms with van der Waals surface area (Å²) < 4.78 is 0. The molecule has 1 aliphatic rings. The van der Waals surface area contributed by atoms with Gasteiger partial charge in [-0.25, -0.2) is 0 Å². The third-order valence-electron chi connectivity index (χ3n) is 5.45. The highest BCUT2D eigenvalue weighted by Gasteiger charge is 2.32. The van der Waals surface area contributed by atoms with Gasteiger partial charge in [-0.2, -0.15) is 0 Å².